The summed E-state index contributed by atoms with van der Waals surface area (Å²) in [6.45, 7) is 0.950. The number of nitrogens with zero attached hydrogens (tertiary/aromatic N) is 2. The highest BCUT2D eigenvalue weighted by molar-refractivity contribution is 5.26. The molecule has 19 heavy (non-hydrogen) atoms. The van der Waals surface area contributed by atoms with Gasteiger partial charge in [-0.25, -0.2) is 0 Å². The van der Waals surface area contributed by atoms with Crippen molar-refractivity contribution >= 4 is 0 Å². The maximum atomic E-state index is 9.00. The van der Waals surface area contributed by atoms with Crippen molar-refractivity contribution in [2.75, 3.05) is 7.11 Å². The molecule has 0 amide bonds. The van der Waals surface area contributed by atoms with Crippen LogP contribution in [0.4, 0.5) is 0 Å². The molecule has 5 nitrogen and oxygen atoms in total. The van der Waals surface area contributed by atoms with Crippen molar-refractivity contribution < 1.29 is 14.6 Å². The summed E-state index contributed by atoms with van der Waals surface area (Å²) >= 11 is 0. The van der Waals surface area contributed by atoms with Crippen molar-refractivity contribution in [3.05, 3.63) is 47.3 Å². The van der Waals surface area contributed by atoms with Crippen LogP contribution in [0.1, 0.15) is 17.0 Å². The quantitative estimate of drug-likeness (QED) is 0.859. The first-order valence-electron chi connectivity index (χ1n) is 6.06. The Morgan fingerprint density at radius 3 is 2.53 bits per heavy atom. The van der Waals surface area contributed by atoms with Crippen LogP contribution in [0, 0.1) is 0 Å². The summed E-state index contributed by atoms with van der Waals surface area (Å²) in [5, 5.41) is 13.1. The van der Waals surface area contributed by atoms with Crippen molar-refractivity contribution in [3.8, 4) is 5.75 Å². The van der Waals surface area contributed by atoms with Crippen LogP contribution in [0.15, 0.2) is 30.3 Å². The predicted molar refractivity (Wildman–Crippen MR) is 70.6 cm³/mol. The van der Waals surface area contributed by atoms with Gasteiger partial charge in [0.25, 0.3) is 0 Å². The number of rotatable bonds is 6. The van der Waals surface area contributed by atoms with Crippen molar-refractivity contribution in [2.24, 2.45) is 7.05 Å². The standard InChI is InChI=1S/C14H18N2O3/c1-16-13(7-12(8-17)15-16)10-19-9-11-3-5-14(18-2)6-4-11/h3-7,17H,8-10H2,1-2H3. The smallest absolute Gasteiger partial charge is 0.118 e. The van der Waals surface area contributed by atoms with Crippen LogP contribution in [0.25, 0.3) is 0 Å². The molecule has 1 heterocycles. The van der Waals surface area contributed by atoms with Gasteiger partial charge in [-0.1, -0.05) is 12.1 Å². The number of aliphatic hydroxyl groups is 1. The number of ether oxygens (including phenoxy) is 2. The number of benzene rings is 1. The fourth-order valence-electron chi connectivity index (χ4n) is 1.78. The number of aryl methyl sites for hydroxylation is 1. The summed E-state index contributed by atoms with van der Waals surface area (Å²) in [7, 11) is 3.48. The minimum absolute atomic E-state index is 0.0493. The third kappa shape index (κ3) is 3.56. The van der Waals surface area contributed by atoms with Gasteiger partial charge >= 0.3 is 0 Å². The number of hydrogen-bond donors (Lipinski definition) is 1. The molecule has 0 aliphatic rings. The van der Waals surface area contributed by atoms with Gasteiger partial charge < -0.3 is 14.6 Å². The SMILES string of the molecule is COc1ccc(COCc2cc(CO)nn2C)cc1. The zero-order chi connectivity index (χ0) is 13.7. The maximum absolute atomic E-state index is 9.00. The Balaban J connectivity index is 1.86. The van der Waals surface area contributed by atoms with E-state index in [9.17, 15) is 0 Å². The van der Waals surface area contributed by atoms with Crippen LogP contribution in [0.2, 0.25) is 0 Å². The van der Waals surface area contributed by atoms with E-state index in [0.29, 0.717) is 18.9 Å². The molecule has 1 aromatic carbocycles. The highest BCUT2D eigenvalue weighted by Crippen LogP contribution is 2.13. The van der Waals surface area contributed by atoms with E-state index in [-0.39, 0.29) is 6.61 Å². The van der Waals surface area contributed by atoms with Crippen molar-refractivity contribution in [2.45, 2.75) is 19.8 Å². The zero-order valence-corrected chi connectivity index (χ0v) is 11.2. The van der Waals surface area contributed by atoms with Gasteiger partial charge in [-0.3, -0.25) is 4.68 Å². The van der Waals surface area contributed by atoms with Crippen LogP contribution in [-0.2, 0) is 31.6 Å². The van der Waals surface area contributed by atoms with Gasteiger partial charge in [0.15, 0.2) is 0 Å². The third-order valence-electron chi connectivity index (χ3n) is 2.87. The molecule has 0 spiro atoms. The molecule has 0 fully saturated rings. The van der Waals surface area contributed by atoms with Crippen LogP contribution >= 0.6 is 0 Å². The molecule has 2 rings (SSSR count). The second-order valence-electron chi connectivity index (χ2n) is 4.25. The zero-order valence-electron chi connectivity index (χ0n) is 11.2. The van der Waals surface area contributed by atoms with E-state index in [1.807, 2.05) is 37.4 Å². The van der Waals surface area contributed by atoms with Crippen LogP contribution < -0.4 is 4.74 Å². The molecule has 102 valence electrons. The number of methoxy groups -OCH3 is 1. The summed E-state index contributed by atoms with van der Waals surface area (Å²) in [5.41, 5.74) is 2.69. The monoisotopic (exact) mass is 262 g/mol. The van der Waals surface area contributed by atoms with Gasteiger partial charge in [0.1, 0.15) is 5.75 Å². The molecular weight excluding hydrogens is 244 g/mol. The van der Waals surface area contributed by atoms with Gasteiger partial charge in [0.2, 0.25) is 0 Å². The Morgan fingerprint density at radius 1 is 1.21 bits per heavy atom. The molecule has 0 unspecified atom stereocenters. The summed E-state index contributed by atoms with van der Waals surface area (Å²) in [5.74, 6) is 0.836. The van der Waals surface area contributed by atoms with E-state index >= 15 is 0 Å². The molecule has 0 saturated carbocycles. The summed E-state index contributed by atoms with van der Waals surface area (Å²) in [4.78, 5) is 0. The summed E-state index contributed by atoms with van der Waals surface area (Å²) < 4.78 is 12.5. The highest BCUT2D eigenvalue weighted by Gasteiger charge is 2.04. The molecule has 5 heteroatoms. The predicted octanol–water partition coefficient (Wildman–Crippen LogP) is 1.64. The van der Waals surface area contributed by atoms with Crippen LogP contribution in [0.5, 0.6) is 5.75 Å². The lowest BCUT2D eigenvalue weighted by Gasteiger charge is -2.05. The van der Waals surface area contributed by atoms with Gasteiger partial charge in [0.05, 0.1) is 38.3 Å². The number of aliphatic hydroxyl groups excluding tert-OH is 1. The molecule has 0 saturated heterocycles. The van der Waals surface area contributed by atoms with E-state index in [4.69, 9.17) is 14.6 Å². The number of hydrogen-bond acceptors (Lipinski definition) is 4. The fraction of sp³-hybridized carbons (Fsp3) is 0.357. The Hall–Kier alpha value is -1.85. The highest BCUT2D eigenvalue weighted by atomic mass is 16.5. The van der Waals surface area contributed by atoms with E-state index in [2.05, 4.69) is 5.10 Å². The minimum atomic E-state index is -0.0493. The molecular formula is C14H18N2O3. The molecule has 0 bridgehead atoms. The Bertz CT molecular complexity index is 520. The van der Waals surface area contributed by atoms with Crippen molar-refractivity contribution in [1.82, 2.24) is 9.78 Å². The second-order valence-corrected chi connectivity index (χ2v) is 4.25. The normalized spacial score (nSPS) is 10.7. The average molecular weight is 262 g/mol. The topological polar surface area (TPSA) is 56.5 Å². The van der Waals surface area contributed by atoms with E-state index < -0.39 is 0 Å². The van der Waals surface area contributed by atoms with Gasteiger partial charge in [-0.15, -0.1) is 0 Å². The molecule has 0 aliphatic carbocycles. The summed E-state index contributed by atoms with van der Waals surface area (Å²) in [6.07, 6.45) is 0. The van der Waals surface area contributed by atoms with E-state index in [1.54, 1.807) is 11.8 Å². The Labute approximate surface area is 112 Å². The first kappa shape index (κ1) is 13.6. The summed E-state index contributed by atoms with van der Waals surface area (Å²) in [6, 6.07) is 9.61. The number of aromatic nitrogens is 2. The van der Waals surface area contributed by atoms with Crippen molar-refractivity contribution in [3.63, 3.8) is 0 Å². The second kappa shape index (κ2) is 6.36. The minimum Gasteiger partial charge on any atom is -0.497 e. The van der Waals surface area contributed by atoms with Gasteiger partial charge in [-0.05, 0) is 23.8 Å². The molecule has 0 atom stereocenters. The van der Waals surface area contributed by atoms with Gasteiger partial charge in [0, 0.05) is 7.05 Å². The van der Waals surface area contributed by atoms with Crippen molar-refractivity contribution in [1.29, 1.82) is 0 Å². The Kier molecular flexibility index (Phi) is 4.54. The average Bonchev–Trinajstić information content (AvgIpc) is 2.80. The van der Waals surface area contributed by atoms with E-state index in [1.165, 1.54) is 0 Å². The lowest BCUT2D eigenvalue weighted by Crippen LogP contribution is -2.01. The molecule has 0 radical (unpaired) electrons. The molecule has 1 aromatic heterocycles. The van der Waals surface area contributed by atoms with E-state index in [0.717, 1.165) is 17.0 Å². The van der Waals surface area contributed by atoms with Crippen LogP contribution in [0.3, 0.4) is 0 Å². The van der Waals surface area contributed by atoms with Crippen LogP contribution in [-0.4, -0.2) is 22.0 Å². The largest absolute Gasteiger partial charge is 0.497 e. The maximum Gasteiger partial charge on any atom is 0.118 e. The molecule has 1 N–H and O–H groups in total. The molecule has 2 aromatic rings. The third-order valence-corrected chi connectivity index (χ3v) is 2.87. The first-order valence-corrected chi connectivity index (χ1v) is 6.06. The Morgan fingerprint density at radius 2 is 1.95 bits per heavy atom. The van der Waals surface area contributed by atoms with Gasteiger partial charge in [-0.2, -0.15) is 5.10 Å². The fourth-order valence-corrected chi connectivity index (χ4v) is 1.78. The lowest BCUT2D eigenvalue weighted by atomic mass is 10.2. The lowest BCUT2D eigenvalue weighted by molar-refractivity contribution is 0.102. The first-order chi connectivity index (χ1) is 9.22. The molecule has 0 aliphatic heterocycles.